The van der Waals surface area contributed by atoms with Crippen LogP contribution in [0.3, 0.4) is 0 Å². The number of benzene rings is 1. The Bertz CT molecular complexity index is 1010. The van der Waals surface area contributed by atoms with Crippen LogP contribution in [0, 0.1) is 12.8 Å². The van der Waals surface area contributed by atoms with Crippen LogP contribution in [-0.2, 0) is 17.8 Å². The summed E-state index contributed by atoms with van der Waals surface area (Å²) < 4.78 is 2.17. The van der Waals surface area contributed by atoms with Crippen molar-refractivity contribution in [3.8, 4) is 0 Å². The number of hydrogen-bond donors (Lipinski definition) is 1. The number of anilines is 1. The lowest BCUT2D eigenvalue weighted by Gasteiger charge is -2.34. The van der Waals surface area contributed by atoms with Crippen LogP contribution in [0.15, 0.2) is 42.9 Å². The highest BCUT2D eigenvalue weighted by atomic mass is 16.1. The van der Waals surface area contributed by atoms with E-state index in [-0.39, 0.29) is 11.8 Å². The Balaban J connectivity index is 1.35. The summed E-state index contributed by atoms with van der Waals surface area (Å²) in [5.41, 5.74) is 3.43. The van der Waals surface area contributed by atoms with Crippen molar-refractivity contribution in [2.24, 2.45) is 5.92 Å². The largest absolute Gasteiger partial charge is 0.370 e. The van der Waals surface area contributed by atoms with Gasteiger partial charge >= 0.3 is 0 Å². The van der Waals surface area contributed by atoms with Gasteiger partial charge in [0.2, 0.25) is 5.91 Å². The Kier molecular flexibility index (Phi) is 6.31. The number of fused-ring (bicyclic) bond motifs is 1. The first-order valence-electron chi connectivity index (χ1n) is 11.0. The van der Waals surface area contributed by atoms with E-state index in [1.165, 1.54) is 16.6 Å². The number of nitrogens with one attached hydrogen (secondary N) is 1. The van der Waals surface area contributed by atoms with Gasteiger partial charge in [0.1, 0.15) is 5.82 Å². The first kappa shape index (κ1) is 20.4. The van der Waals surface area contributed by atoms with E-state index in [2.05, 4.69) is 62.9 Å². The van der Waals surface area contributed by atoms with Gasteiger partial charge in [0.05, 0.1) is 11.4 Å². The molecule has 1 aliphatic heterocycles. The Morgan fingerprint density at radius 2 is 2.13 bits per heavy atom. The van der Waals surface area contributed by atoms with Gasteiger partial charge in [-0.1, -0.05) is 18.6 Å². The van der Waals surface area contributed by atoms with Crippen LogP contribution in [0.4, 0.5) is 5.69 Å². The minimum absolute atomic E-state index is 0.0335. The number of piperidine rings is 1. The molecular formula is C24H31N5O. The number of aromatic nitrogens is 3. The van der Waals surface area contributed by atoms with E-state index in [4.69, 9.17) is 0 Å². The lowest BCUT2D eigenvalue weighted by Crippen LogP contribution is -2.43. The van der Waals surface area contributed by atoms with Crippen molar-refractivity contribution in [2.45, 2.75) is 46.1 Å². The molecule has 0 aliphatic carbocycles. The zero-order valence-corrected chi connectivity index (χ0v) is 18.0. The standard InChI is InChI=1S/C24H31N5O/c1-3-23-26-12-15-28(23)14-5-10-27-24(30)19-6-4-13-29(17-19)22-9-11-25-21-8-7-18(2)16-20(21)22/h7-9,11-12,15-16,19H,3-6,10,13-14,17H2,1-2H3,(H,27,30). The number of imidazole rings is 1. The summed E-state index contributed by atoms with van der Waals surface area (Å²) in [4.78, 5) is 24.0. The fourth-order valence-corrected chi connectivity index (χ4v) is 4.39. The highest BCUT2D eigenvalue weighted by Gasteiger charge is 2.26. The van der Waals surface area contributed by atoms with Crippen LogP contribution in [0.1, 0.15) is 37.6 Å². The molecule has 1 atom stereocenters. The first-order valence-corrected chi connectivity index (χ1v) is 11.0. The lowest BCUT2D eigenvalue weighted by molar-refractivity contribution is -0.125. The zero-order chi connectivity index (χ0) is 20.9. The van der Waals surface area contributed by atoms with Gasteiger partial charge in [-0.15, -0.1) is 0 Å². The molecule has 1 N–H and O–H groups in total. The molecule has 2 aromatic heterocycles. The minimum atomic E-state index is 0.0335. The molecule has 6 heteroatoms. The molecule has 3 aromatic rings. The van der Waals surface area contributed by atoms with Crippen molar-refractivity contribution in [3.05, 3.63) is 54.2 Å². The predicted molar refractivity (Wildman–Crippen MR) is 121 cm³/mol. The van der Waals surface area contributed by atoms with E-state index in [0.29, 0.717) is 6.54 Å². The number of carbonyl (C=O) groups is 1. The summed E-state index contributed by atoms with van der Waals surface area (Å²) >= 11 is 0. The summed E-state index contributed by atoms with van der Waals surface area (Å²) in [6.45, 7) is 7.56. The SMILES string of the molecule is CCc1nccn1CCCNC(=O)C1CCCN(c2ccnc3ccc(C)cc23)C1. The minimum Gasteiger partial charge on any atom is -0.370 e. The van der Waals surface area contributed by atoms with Gasteiger partial charge in [-0.05, 0) is 44.4 Å². The fourth-order valence-electron chi connectivity index (χ4n) is 4.39. The second kappa shape index (κ2) is 9.28. The maximum Gasteiger partial charge on any atom is 0.224 e. The maximum atomic E-state index is 12.8. The summed E-state index contributed by atoms with van der Waals surface area (Å²) in [7, 11) is 0. The van der Waals surface area contributed by atoms with Gasteiger partial charge in [0.25, 0.3) is 0 Å². The molecule has 30 heavy (non-hydrogen) atoms. The van der Waals surface area contributed by atoms with Crippen molar-refractivity contribution in [1.29, 1.82) is 0 Å². The van der Waals surface area contributed by atoms with Gasteiger partial charge in [-0.2, -0.15) is 0 Å². The number of carbonyl (C=O) groups excluding carboxylic acids is 1. The molecule has 1 aliphatic rings. The van der Waals surface area contributed by atoms with Crippen molar-refractivity contribution in [1.82, 2.24) is 19.9 Å². The third kappa shape index (κ3) is 4.48. The van der Waals surface area contributed by atoms with Gasteiger partial charge in [0, 0.05) is 62.3 Å². The topological polar surface area (TPSA) is 63.1 Å². The lowest BCUT2D eigenvalue weighted by atomic mass is 9.96. The van der Waals surface area contributed by atoms with Crippen molar-refractivity contribution < 1.29 is 4.79 Å². The Labute approximate surface area is 178 Å². The van der Waals surface area contributed by atoms with Crippen LogP contribution >= 0.6 is 0 Å². The molecule has 6 nitrogen and oxygen atoms in total. The Morgan fingerprint density at radius 3 is 3.00 bits per heavy atom. The summed E-state index contributed by atoms with van der Waals surface area (Å²) in [6.07, 6.45) is 9.56. The average molecular weight is 406 g/mol. The number of nitrogens with zero attached hydrogens (tertiary/aromatic N) is 4. The van der Waals surface area contributed by atoms with E-state index in [1.54, 1.807) is 0 Å². The van der Waals surface area contributed by atoms with E-state index in [1.807, 2.05) is 18.6 Å². The van der Waals surface area contributed by atoms with Gasteiger partial charge in [0.15, 0.2) is 0 Å². The smallest absolute Gasteiger partial charge is 0.224 e. The second-order valence-electron chi connectivity index (χ2n) is 8.17. The van der Waals surface area contributed by atoms with E-state index >= 15 is 0 Å². The molecule has 1 saturated heterocycles. The van der Waals surface area contributed by atoms with Crippen LogP contribution in [0.5, 0.6) is 0 Å². The Morgan fingerprint density at radius 1 is 1.23 bits per heavy atom. The number of pyridine rings is 1. The van der Waals surface area contributed by atoms with Crippen LogP contribution in [0.25, 0.3) is 10.9 Å². The molecule has 3 heterocycles. The van der Waals surface area contributed by atoms with Crippen molar-refractivity contribution >= 4 is 22.5 Å². The normalized spacial score (nSPS) is 16.7. The van der Waals surface area contributed by atoms with E-state index < -0.39 is 0 Å². The fraction of sp³-hybridized carbons (Fsp3) is 0.458. The molecule has 1 aromatic carbocycles. The zero-order valence-electron chi connectivity index (χ0n) is 18.0. The molecular weight excluding hydrogens is 374 g/mol. The van der Waals surface area contributed by atoms with Crippen LogP contribution in [0.2, 0.25) is 0 Å². The maximum absolute atomic E-state index is 12.8. The molecule has 0 bridgehead atoms. The highest BCUT2D eigenvalue weighted by molar-refractivity contribution is 5.92. The van der Waals surface area contributed by atoms with Gasteiger partial charge in [-0.3, -0.25) is 9.78 Å². The van der Waals surface area contributed by atoms with Gasteiger partial charge in [-0.25, -0.2) is 4.98 Å². The summed E-state index contributed by atoms with van der Waals surface area (Å²) in [5.74, 6) is 1.31. The summed E-state index contributed by atoms with van der Waals surface area (Å²) in [5, 5.41) is 4.33. The third-order valence-electron chi connectivity index (χ3n) is 6.00. The Hall–Kier alpha value is -2.89. The van der Waals surface area contributed by atoms with E-state index in [0.717, 1.165) is 56.7 Å². The molecule has 0 radical (unpaired) electrons. The number of aryl methyl sites for hydroxylation is 3. The number of hydrogen-bond acceptors (Lipinski definition) is 4. The molecule has 158 valence electrons. The monoisotopic (exact) mass is 405 g/mol. The molecule has 0 spiro atoms. The number of amides is 1. The van der Waals surface area contributed by atoms with Crippen LogP contribution in [-0.4, -0.2) is 40.1 Å². The van der Waals surface area contributed by atoms with Crippen molar-refractivity contribution in [2.75, 3.05) is 24.5 Å². The summed E-state index contributed by atoms with van der Waals surface area (Å²) in [6, 6.07) is 8.45. The van der Waals surface area contributed by atoms with Crippen molar-refractivity contribution in [3.63, 3.8) is 0 Å². The van der Waals surface area contributed by atoms with Crippen LogP contribution < -0.4 is 10.2 Å². The van der Waals surface area contributed by atoms with Gasteiger partial charge < -0.3 is 14.8 Å². The molecule has 1 unspecified atom stereocenters. The molecule has 4 rings (SSSR count). The predicted octanol–water partition coefficient (Wildman–Crippen LogP) is 3.73. The third-order valence-corrected chi connectivity index (χ3v) is 6.00. The first-order chi connectivity index (χ1) is 14.7. The molecule has 1 fully saturated rings. The molecule has 1 amide bonds. The quantitative estimate of drug-likeness (QED) is 0.609. The average Bonchev–Trinajstić information content (AvgIpc) is 3.23. The highest BCUT2D eigenvalue weighted by Crippen LogP contribution is 2.30. The van der Waals surface area contributed by atoms with E-state index in [9.17, 15) is 4.79 Å². The molecule has 0 saturated carbocycles. The second-order valence-corrected chi connectivity index (χ2v) is 8.17. The number of rotatable bonds is 7.